The molecule has 0 spiro atoms. The number of para-hydroxylation sites is 1. The maximum absolute atomic E-state index is 4.62. The van der Waals surface area contributed by atoms with E-state index < -0.39 is 0 Å². The molecule has 0 amide bonds. The van der Waals surface area contributed by atoms with Crippen LogP contribution in [0.4, 0.5) is 5.69 Å². The molecule has 0 aliphatic carbocycles. The molecule has 0 saturated heterocycles. The fourth-order valence-electron chi connectivity index (χ4n) is 2.75. The van der Waals surface area contributed by atoms with Gasteiger partial charge in [-0.05, 0) is 43.4 Å². The molecular formula is C18H27N3. The number of nitrogens with one attached hydrogen (secondary N) is 1. The fourth-order valence-corrected chi connectivity index (χ4v) is 2.75. The van der Waals surface area contributed by atoms with E-state index in [1.807, 2.05) is 0 Å². The van der Waals surface area contributed by atoms with Crippen molar-refractivity contribution in [2.45, 2.75) is 60.0 Å². The lowest BCUT2D eigenvalue weighted by molar-refractivity contribution is 0.619. The zero-order valence-corrected chi connectivity index (χ0v) is 13.7. The molecule has 0 saturated carbocycles. The molecule has 2 rings (SSSR count). The summed E-state index contributed by atoms with van der Waals surface area (Å²) in [4.78, 5) is 0. The summed E-state index contributed by atoms with van der Waals surface area (Å²) < 4.78 is 2.10. The number of aryl methyl sites for hydroxylation is 4. The number of aromatic nitrogens is 2. The Balaban J connectivity index is 2.21. The van der Waals surface area contributed by atoms with Crippen LogP contribution in [0.2, 0.25) is 0 Å². The highest BCUT2D eigenvalue weighted by molar-refractivity contribution is 5.58. The normalized spacial score (nSPS) is 10.9. The van der Waals surface area contributed by atoms with Crippen molar-refractivity contribution in [2.24, 2.45) is 0 Å². The topological polar surface area (TPSA) is 29.9 Å². The van der Waals surface area contributed by atoms with Crippen LogP contribution in [0.1, 0.15) is 50.2 Å². The standard InChI is InChI=1S/C18H27N3/c1-5-14-10-9-11-15(6-2)18(14)19-13-17-12-16(7-3)20-21(17)8-4/h9-12,19H,5-8,13H2,1-4H3. The molecule has 0 aliphatic rings. The molecule has 0 unspecified atom stereocenters. The molecule has 1 aromatic carbocycles. The van der Waals surface area contributed by atoms with Crippen LogP contribution in [-0.2, 0) is 32.4 Å². The zero-order valence-electron chi connectivity index (χ0n) is 13.7. The van der Waals surface area contributed by atoms with Crippen LogP contribution >= 0.6 is 0 Å². The van der Waals surface area contributed by atoms with Crippen molar-refractivity contribution in [3.8, 4) is 0 Å². The van der Waals surface area contributed by atoms with Crippen molar-refractivity contribution in [2.75, 3.05) is 5.32 Å². The molecule has 3 nitrogen and oxygen atoms in total. The van der Waals surface area contributed by atoms with Crippen molar-refractivity contribution in [1.82, 2.24) is 9.78 Å². The van der Waals surface area contributed by atoms with Gasteiger partial charge in [-0.2, -0.15) is 5.10 Å². The molecule has 0 bridgehead atoms. The highest BCUT2D eigenvalue weighted by Crippen LogP contribution is 2.23. The zero-order chi connectivity index (χ0) is 15.2. The van der Waals surface area contributed by atoms with E-state index in [-0.39, 0.29) is 0 Å². The molecule has 0 atom stereocenters. The Bertz CT molecular complexity index is 562. The number of nitrogens with zero attached hydrogens (tertiary/aromatic N) is 2. The lowest BCUT2D eigenvalue weighted by Crippen LogP contribution is -2.10. The quantitative estimate of drug-likeness (QED) is 0.826. The average molecular weight is 285 g/mol. The molecule has 0 fully saturated rings. The highest BCUT2D eigenvalue weighted by atomic mass is 15.3. The van der Waals surface area contributed by atoms with Gasteiger partial charge in [0.15, 0.2) is 0 Å². The lowest BCUT2D eigenvalue weighted by Gasteiger charge is -2.15. The Morgan fingerprint density at radius 3 is 2.19 bits per heavy atom. The first-order valence-electron chi connectivity index (χ1n) is 8.13. The van der Waals surface area contributed by atoms with Crippen molar-refractivity contribution in [3.05, 3.63) is 46.8 Å². The van der Waals surface area contributed by atoms with Gasteiger partial charge in [0.1, 0.15) is 0 Å². The van der Waals surface area contributed by atoms with Crippen molar-refractivity contribution in [3.63, 3.8) is 0 Å². The minimum absolute atomic E-state index is 0.838. The molecule has 0 radical (unpaired) electrons. The summed E-state index contributed by atoms with van der Waals surface area (Å²) in [6.45, 7) is 10.5. The third kappa shape index (κ3) is 3.46. The minimum atomic E-state index is 0.838. The van der Waals surface area contributed by atoms with E-state index in [0.717, 1.165) is 32.4 Å². The van der Waals surface area contributed by atoms with Gasteiger partial charge in [-0.1, -0.05) is 39.0 Å². The predicted molar refractivity (Wildman–Crippen MR) is 89.8 cm³/mol. The van der Waals surface area contributed by atoms with Crippen LogP contribution in [-0.4, -0.2) is 9.78 Å². The van der Waals surface area contributed by atoms with Crippen molar-refractivity contribution in [1.29, 1.82) is 0 Å². The van der Waals surface area contributed by atoms with Crippen molar-refractivity contribution >= 4 is 5.69 Å². The Labute approximate surface area is 128 Å². The smallest absolute Gasteiger partial charge is 0.0625 e. The first-order valence-corrected chi connectivity index (χ1v) is 8.13. The SMILES string of the molecule is CCc1cc(CNc2c(CC)cccc2CC)n(CC)n1. The van der Waals surface area contributed by atoms with Crippen LogP contribution in [0.5, 0.6) is 0 Å². The lowest BCUT2D eigenvalue weighted by atomic mass is 10.0. The molecule has 1 aromatic heterocycles. The van der Waals surface area contributed by atoms with Gasteiger partial charge in [-0.3, -0.25) is 4.68 Å². The van der Waals surface area contributed by atoms with Crippen LogP contribution < -0.4 is 5.32 Å². The second-order valence-corrected chi connectivity index (χ2v) is 5.31. The molecular weight excluding hydrogens is 258 g/mol. The average Bonchev–Trinajstić information content (AvgIpc) is 2.94. The summed E-state index contributed by atoms with van der Waals surface area (Å²) in [6.07, 6.45) is 3.11. The van der Waals surface area contributed by atoms with E-state index in [1.54, 1.807) is 0 Å². The Kier molecular flexibility index (Phi) is 5.43. The first kappa shape index (κ1) is 15.6. The van der Waals surface area contributed by atoms with Crippen LogP contribution in [0, 0.1) is 0 Å². The van der Waals surface area contributed by atoms with Crippen molar-refractivity contribution < 1.29 is 0 Å². The van der Waals surface area contributed by atoms with Gasteiger partial charge in [0.05, 0.1) is 17.9 Å². The fraction of sp³-hybridized carbons (Fsp3) is 0.500. The molecule has 114 valence electrons. The van der Waals surface area contributed by atoms with Gasteiger partial charge in [0.2, 0.25) is 0 Å². The van der Waals surface area contributed by atoms with Crippen LogP contribution in [0.15, 0.2) is 24.3 Å². The van der Waals surface area contributed by atoms with Crippen LogP contribution in [0.25, 0.3) is 0 Å². The van der Waals surface area contributed by atoms with E-state index in [0.29, 0.717) is 0 Å². The summed E-state index contributed by atoms with van der Waals surface area (Å²) in [6, 6.07) is 8.82. The van der Waals surface area contributed by atoms with Gasteiger partial charge < -0.3 is 5.32 Å². The van der Waals surface area contributed by atoms with E-state index in [9.17, 15) is 0 Å². The number of rotatable bonds is 7. The van der Waals surface area contributed by atoms with Gasteiger partial charge >= 0.3 is 0 Å². The van der Waals surface area contributed by atoms with E-state index in [1.165, 1.54) is 28.2 Å². The van der Waals surface area contributed by atoms with E-state index in [2.05, 4.69) is 67.1 Å². The monoisotopic (exact) mass is 285 g/mol. The largest absolute Gasteiger partial charge is 0.379 e. The maximum Gasteiger partial charge on any atom is 0.0625 e. The first-order chi connectivity index (χ1) is 10.2. The third-order valence-corrected chi connectivity index (χ3v) is 4.02. The molecule has 2 aromatic rings. The second kappa shape index (κ2) is 7.30. The van der Waals surface area contributed by atoms with Crippen LogP contribution in [0.3, 0.4) is 0 Å². The molecule has 3 heteroatoms. The molecule has 1 heterocycles. The number of hydrogen-bond donors (Lipinski definition) is 1. The predicted octanol–water partition coefficient (Wildman–Crippen LogP) is 4.20. The summed E-state index contributed by atoms with van der Waals surface area (Å²) in [5, 5.41) is 8.27. The molecule has 0 aliphatic heterocycles. The summed E-state index contributed by atoms with van der Waals surface area (Å²) in [5.41, 5.74) is 6.54. The number of benzene rings is 1. The molecule has 21 heavy (non-hydrogen) atoms. The summed E-state index contributed by atoms with van der Waals surface area (Å²) in [7, 11) is 0. The summed E-state index contributed by atoms with van der Waals surface area (Å²) in [5.74, 6) is 0. The Hall–Kier alpha value is -1.77. The second-order valence-electron chi connectivity index (χ2n) is 5.31. The minimum Gasteiger partial charge on any atom is -0.379 e. The number of hydrogen-bond acceptors (Lipinski definition) is 2. The van der Waals surface area contributed by atoms with E-state index in [4.69, 9.17) is 0 Å². The third-order valence-electron chi connectivity index (χ3n) is 4.02. The highest BCUT2D eigenvalue weighted by Gasteiger charge is 2.09. The van der Waals surface area contributed by atoms with Gasteiger partial charge in [0, 0.05) is 12.2 Å². The summed E-state index contributed by atoms with van der Waals surface area (Å²) >= 11 is 0. The van der Waals surface area contributed by atoms with Gasteiger partial charge in [-0.25, -0.2) is 0 Å². The van der Waals surface area contributed by atoms with Gasteiger partial charge in [-0.15, -0.1) is 0 Å². The van der Waals surface area contributed by atoms with E-state index >= 15 is 0 Å². The number of anilines is 1. The Morgan fingerprint density at radius 2 is 1.67 bits per heavy atom. The Morgan fingerprint density at radius 1 is 1.00 bits per heavy atom. The van der Waals surface area contributed by atoms with Gasteiger partial charge in [0.25, 0.3) is 0 Å². The molecule has 1 N–H and O–H groups in total. The maximum atomic E-state index is 4.62.